The lowest BCUT2D eigenvalue weighted by molar-refractivity contribution is -0.114. The molecule has 0 aliphatic heterocycles. The number of nitrogens with one attached hydrogen (secondary N) is 1. The number of benzene rings is 2. The first-order valence-corrected chi connectivity index (χ1v) is 12.0. The van der Waals surface area contributed by atoms with Crippen molar-refractivity contribution >= 4 is 38.9 Å². The number of hydrogen-bond donors (Lipinski definition) is 2. The summed E-state index contributed by atoms with van der Waals surface area (Å²) in [7, 11) is -2.55. The van der Waals surface area contributed by atoms with Crippen molar-refractivity contribution in [2.75, 3.05) is 23.8 Å². The molecule has 2 aromatic carbocycles. The Morgan fingerprint density at radius 1 is 1.23 bits per heavy atom. The molecule has 2 N–H and O–H groups in total. The molecule has 35 heavy (non-hydrogen) atoms. The van der Waals surface area contributed by atoms with E-state index in [0.717, 1.165) is 12.2 Å². The van der Waals surface area contributed by atoms with Crippen LogP contribution in [-0.2, 0) is 14.9 Å². The number of anilines is 2. The van der Waals surface area contributed by atoms with Crippen LogP contribution >= 0.6 is 0 Å². The van der Waals surface area contributed by atoms with Crippen molar-refractivity contribution in [2.24, 2.45) is 10.2 Å². The van der Waals surface area contributed by atoms with Crippen LogP contribution in [0.4, 0.5) is 22.9 Å². The van der Waals surface area contributed by atoms with Gasteiger partial charge >= 0.3 is 0 Å². The molecule has 0 unspecified atom stereocenters. The fraction of sp³-hybridized carbons (Fsp3) is 0.261. The van der Waals surface area contributed by atoms with E-state index < -0.39 is 10.1 Å². The molecule has 182 valence electrons. The Labute approximate surface area is 203 Å². The first-order valence-electron chi connectivity index (χ1n) is 10.6. The summed E-state index contributed by atoms with van der Waals surface area (Å²) < 4.78 is 34.1. The quantitative estimate of drug-likeness (QED) is 0.363. The molecule has 3 aromatic rings. The van der Waals surface area contributed by atoms with Crippen molar-refractivity contribution < 1.29 is 17.8 Å². The molecule has 1 heterocycles. The lowest BCUT2D eigenvalue weighted by atomic mass is 10.2. The molecule has 3 rings (SSSR count). The zero-order valence-corrected chi connectivity index (χ0v) is 20.8. The van der Waals surface area contributed by atoms with Gasteiger partial charge in [0.25, 0.3) is 10.1 Å². The first kappa shape index (κ1) is 25.5. The average molecular weight is 496 g/mol. The summed E-state index contributed by atoms with van der Waals surface area (Å²) in [6, 6.07) is 11.4. The maximum Gasteiger partial charge on any atom is 0.294 e. The Kier molecular flexibility index (Phi) is 7.33. The van der Waals surface area contributed by atoms with E-state index >= 15 is 0 Å². The molecule has 11 nitrogen and oxygen atoms in total. The predicted octanol–water partition coefficient (Wildman–Crippen LogP) is 4.44. The van der Waals surface area contributed by atoms with Crippen LogP contribution in [0.15, 0.2) is 51.5 Å². The summed E-state index contributed by atoms with van der Waals surface area (Å²) in [6.07, 6.45) is 0. The van der Waals surface area contributed by atoms with Crippen LogP contribution in [-0.4, -0.2) is 42.3 Å². The third-order valence-corrected chi connectivity index (χ3v) is 6.16. The van der Waals surface area contributed by atoms with E-state index in [1.807, 2.05) is 24.9 Å². The summed E-state index contributed by atoms with van der Waals surface area (Å²) in [5, 5.41) is 25.3. The lowest BCUT2D eigenvalue weighted by Crippen LogP contribution is -2.16. The summed E-state index contributed by atoms with van der Waals surface area (Å²) in [5.74, 6) is -0.210. The Morgan fingerprint density at radius 2 is 1.94 bits per heavy atom. The van der Waals surface area contributed by atoms with Crippen molar-refractivity contribution in [3.63, 3.8) is 0 Å². The van der Waals surface area contributed by atoms with Crippen LogP contribution in [0, 0.1) is 25.2 Å². The first-order chi connectivity index (χ1) is 16.5. The highest BCUT2D eigenvalue weighted by molar-refractivity contribution is 7.85. The number of azo groups is 1. The smallest absolute Gasteiger partial charge is 0.294 e. The van der Waals surface area contributed by atoms with Crippen LogP contribution in [0.1, 0.15) is 30.7 Å². The summed E-state index contributed by atoms with van der Waals surface area (Å²) in [6.45, 7) is 7.48. The molecule has 0 spiro atoms. The van der Waals surface area contributed by atoms with Crippen molar-refractivity contribution in [3.8, 4) is 11.8 Å². The number of carbonyl (C=O) groups excluding carboxylic acids is 1. The van der Waals surface area contributed by atoms with Crippen LogP contribution < -0.4 is 10.2 Å². The van der Waals surface area contributed by atoms with Gasteiger partial charge in [-0.3, -0.25) is 9.35 Å². The summed E-state index contributed by atoms with van der Waals surface area (Å²) in [5.41, 5.74) is 3.10. The van der Waals surface area contributed by atoms with Crippen molar-refractivity contribution in [1.29, 1.82) is 5.26 Å². The minimum atomic E-state index is -4.46. The van der Waals surface area contributed by atoms with Gasteiger partial charge in [-0.05, 0) is 56.7 Å². The van der Waals surface area contributed by atoms with Gasteiger partial charge in [-0.1, -0.05) is 6.07 Å². The molecule has 0 fully saturated rings. The summed E-state index contributed by atoms with van der Waals surface area (Å²) in [4.78, 5) is 13.4. The number of aromatic nitrogens is 2. The molecule has 0 atom stereocenters. The van der Waals surface area contributed by atoms with Crippen LogP contribution in [0.25, 0.3) is 5.69 Å². The topological polar surface area (TPSA) is 153 Å². The fourth-order valence-electron chi connectivity index (χ4n) is 3.31. The molecule has 0 saturated heterocycles. The van der Waals surface area contributed by atoms with Gasteiger partial charge in [-0.2, -0.15) is 18.8 Å². The van der Waals surface area contributed by atoms with Crippen molar-refractivity contribution in [3.05, 3.63) is 53.2 Å². The Bertz CT molecular complexity index is 1470. The molecule has 0 bridgehead atoms. The van der Waals surface area contributed by atoms with E-state index in [1.165, 1.54) is 29.8 Å². The number of nitriles is 1. The number of aryl methyl sites for hydroxylation is 2. The highest BCUT2D eigenvalue weighted by Gasteiger charge is 2.20. The van der Waals surface area contributed by atoms with Crippen molar-refractivity contribution in [2.45, 2.75) is 32.6 Å². The van der Waals surface area contributed by atoms with E-state index in [9.17, 15) is 23.0 Å². The second-order valence-corrected chi connectivity index (χ2v) is 9.25. The third-order valence-electron chi connectivity index (χ3n) is 5.31. The number of nitrogens with zero attached hydrogens (tertiary/aromatic N) is 6. The van der Waals surface area contributed by atoms with Gasteiger partial charge in [-0.25, -0.2) is 4.68 Å². The minimum Gasteiger partial charge on any atom is -0.375 e. The molecule has 1 amide bonds. The van der Waals surface area contributed by atoms with E-state index in [0.29, 0.717) is 28.3 Å². The van der Waals surface area contributed by atoms with Gasteiger partial charge in [0.2, 0.25) is 5.91 Å². The van der Waals surface area contributed by atoms with Gasteiger partial charge in [0.1, 0.15) is 17.3 Å². The largest absolute Gasteiger partial charge is 0.375 e. The standard InChI is InChI=1S/C23H25N7O4S/c1-6-29(5)17-8-10-20(21(11-17)25-16(4)31)26-27-23-19(13-24)15(3)28-30(23)22-12-18(35(32,33)34)9-7-14(22)2/h7-12H,6H2,1-5H3,(H,25,31)(H,32,33,34). The number of rotatable bonds is 7. The van der Waals surface area contributed by atoms with Crippen LogP contribution in [0.5, 0.6) is 0 Å². The molecular weight excluding hydrogens is 470 g/mol. The van der Waals surface area contributed by atoms with Gasteiger partial charge in [-0.15, -0.1) is 10.2 Å². The predicted molar refractivity (Wildman–Crippen MR) is 131 cm³/mol. The molecule has 0 aliphatic rings. The van der Waals surface area contributed by atoms with Gasteiger partial charge < -0.3 is 10.2 Å². The lowest BCUT2D eigenvalue weighted by Gasteiger charge is -2.18. The van der Waals surface area contributed by atoms with Crippen LogP contribution in [0.2, 0.25) is 0 Å². The Balaban J connectivity index is 2.18. The molecular formula is C23H25N7O4S. The number of carbonyl (C=O) groups is 1. The number of amides is 1. The minimum absolute atomic E-state index is 0.0733. The molecule has 1 aromatic heterocycles. The number of hydrogen-bond acceptors (Lipinski definition) is 8. The van der Waals surface area contributed by atoms with Gasteiger partial charge in [0, 0.05) is 26.2 Å². The zero-order chi connectivity index (χ0) is 25.9. The fourth-order valence-corrected chi connectivity index (χ4v) is 3.81. The summed E-state index contributed by atoms with van der Waals surface area (Å²) >= 11 is 0. The van der Waals surface area contributed by atoms with E-state index in [4.69, 9.17) is 0 Å². The maximum absolute atomic E-state index is 11.8. The second kappa shape index (κ2) is 10.0. The Hall–Kier alpha value is -4.08. The third kappa shape index (κ3) is 5.53. The highest BCUT2D eigenvalue weighted by Crippen LogP contribution is 2.34. The molecule has 0 saturated carbocycles. The normalized spacial score (nSPS) is 11.5. The molecule has 12 heteroatoms. The molecule has 0 radical (unpaired) electrons. The molecule has 0 aliphatic carbocycles. The van der Waals surface area contributed by atoms with Crippen LogP contribution in [0.3, 0.4) is 0 Å². The Morgan fingerprint density at radius 3 is 2.54 bits per heavy atom. The van der Waals surface area contributed by atoms with E-state index in [-0.39, 0.29) is 22.2 Å². The van der Waals surface area contributed by atoms with E-state index in [2.05, 4.69) is 26.7 Å². The SMILES string of the molecule is CCN(C)c1ccc(N=Nc2c(C#N)c(C)nn2-c2cc(S(=O)(=O)O)ccc2C)c(NC(C)=O)c1. The maximum atomic E-state index is 11.8. The van der Waals surface area contributed by atoms with Gasteiger partial charge in [0.15, 0.2) is 5.82 Å². The zero-order valence-electron chi connectivity index (χ0n) is 19.9. The monoisotopic (exact) mass is 495 g/mol. The average Bonchev–Trinajstić information content (AvgIpc) is 3.11. The van der Waals surface area contributed by atoms with E-state index in [1.54, 1.807) is 26.0 Å². The highest BCUT2D eigenvalue weighted by atomic mass is 32.2. The second-order valence-electron chi connectivity index (χ2n) is 7.83. The van der Waals surface area contributed by atoms with Crippen molar-refractivity contribution in [1.82, 2.24) is 9.78 Å². The van der Waals surface area contributed by atoms with Gasteiger partial charge in [0.05, 0.1) is 22.0 Å².